The van der Waals surface area contributed by atoms with E-state index in [9.17, 15) is 4.79 Å². The fourth-order valence-electron chi connectivity index (χ4n) is 4.13. The smallest absolute Gasteiger partial charge is 0.251 e. The average Bonchev–Trinajstić information content (AvgIpc) is 3.35. The number of fused-ring (bicyclic) bond motifs is 1. The minimum absolute atomic E-state index is 0.0698. The van der Waals surface area contributed by atoms with Gasteiger partial charge in [-0.1, -0.05) is 42.5 Å². The van der Waals surface area contributed by atoms with Gasteiger partial charge < -0.3 is 10.2 Å². The van der Waals surface area contributed by atoms with Gasteiger partial charge in [0.15, 0.2) is 5.65 Å². The van der Waals surface area contributed by atoms with E-state index in [1.807, 2.05) is 104 Å². The molecule has 3 heterocycles. The van der Waals surface area contributed by atoms with Crippen LogP contribution in [0, 0.1) is 0 Å². The molecule has 5 aromatic rings. The lowest BCUT2D eigenvalue weighted by Crippen LogP contribution is -2.27. The Kier molecular flexibility index (Phi) is 6.82. The monoisotopic (exact) mass is 476 g/mol. The van der Waals surface area contributed by atoms with E-state index in [1.165, 1.54) is 0 Å². The predicted octanol–water partition coefficient (Wildman–Crippen LogP) is 4.81. The van der Waals surface area contributed by atoms with Crippen LogP contribution in [0.15, 0.2) is 91.4 Å². The minimum atomic E-state index is -0.0698. The first kappa shape index (κ1) is 23.4. The molecule has 0 aliphatic heterocycles. The lowest BCUT2D eigenvalue weighted by molar-refractivity contribution is 0.0952. The first-order valence-corrected chi connectivity index (χ1v) is 12.0. The Balaban J connectivity index is 1.38. The van der Waals surface area contributed by atoms with E-state index in [4.69, 9.17) is 0 Å². The van der Waals surface area contributed by atoms with E-state index in [0.29, 0.717) is 12.1 Å². The number of carbonyl (C=O) groups is 1. The molecule has 0 aliphatic carbocycles. The molecule has 0 unspecified atom stereocenters. The van der Waals surface area contributed by atoms with Crippen LogP contribution in [0.1, 0.15) is 16.8 Å². The van der Waals surface area contributed by atoms with E-state index in [1.54, 1.807) is 0 Å². The molecule has 0 bridgehead atoms. The highest BCUT2D eigenvalue weighted by Crippen LogP contribution is 2.27. The highest BCUT2D eigenvalue weighted by molar-refractivity contribution is 5.95. The zero-order valence-electron chi connectivity index (χ0n) is 20.4. The second kappa shape index (κ2) is 10.5. The van der Waals surface area contributed by atoms with Crippen LogP contribution in [0.2, 0.25) is 0 Å². The third-order valence-corrected chi connectivity index (χ3v) is 6.01. The Hall–Kier alpha value is -4.36. The Bertz CT molecular complexity index is 1490. The van der Waals surface area contributed by atoms with Gasteiger partial charge in [0, 0.05) is 35.0 Å². The molecule has 0 spiro atoms. The molecule has 3 aromatic heterocycles. The Labute approximate surface area is 210 Å². The standard InChI is InChI=1S/C29H28N6O/c1-34(2)15-7-13-31-29(36)24-11-6-10-22(16-24)25-18-28-32-20-27(35(28)33-19-25)23-12-14-30-26(17-23)21-8-4-3-5-9-21/h3-6,8-12,14,16-20H,7,13,15H2,1-2H3,(H,31,36). The summed E-state index contributed by atoms with van der Waals surface area (Å²) in [5.74, 6) is -0.0698. The number of benzene rings is 2. The molecule has 0 saturated carbocycles. The van der Waals surface area contributed by atoms with Crippen molar-refractivity contribution < 1.29 is 4.79 Å². The molecule has 0 radical (unpaired) electrons. The van der Waals surface area contributed by atoms with E-state index in [2.05, 4.69) is 31.3 Å². The van der Waals surface area contributed by atoms with Crippen LogP contribution in [0.4, 0.5) is 0 Å². The lowest BCUT2D eigenvalue weighted by Gasteiger charge is -2.10. The number of imidazole rings is 1. The molecule has 0 fully saturated rings. The molecule has 7 heteroatoms. The number of nitrogens with zero attached hydrogens (tertiary/aromatic N) is 5. The van der Waals surface area contributed by atoms with Crippen molar-refractivity contribution in [2.24, 2.45) is 0 Å². The number of nitrogens with one attached hydrogen (secondary N) is 1. The van der Waals surface area contributed by atoms with Crippen molar-refractivity contribution in [1.29, 1.82) is 0 Å². The summed E-state index contributed by atoms with van der Waals surface area (Å²) in [6, 6.07) is 23.7. The summed E-state index contributed by atoms with van der Waals surface area (Å²) in [4.78, 5) is 23.8. The highest BCUT2D eigenvalue weighted by Gasteiger charge is 2.12. The zero-order chi connectivity index (χ0) is 24.9. The number of aromatic nitrogens is 4. The van der Waals surface area contributed by atoms with Crippen LogP contribution in [-0.4, -0.2) is 57.6 Å². The summed E-state index contributed by atoms with van der Waals surface area (Å²) in [5, 5.41) is 7.67. The molecule has 180 valence electrons. The zero-order valence-corrected chi connectivity index (χ0v) is 20.4. The molecule has 5 rings (SSSR count). The van der Waals surface area contributed by atoms with Gasteiger partial charge in [-0.25, -0.2) is 9.50 Å². The van der Waals surface area contributed by atoms with Crippen molar-refractivity contribution >= 4 is 11.6 Å². The summed E-state index contributed by atoms with van der Waals surface area (Å²) < 4.78 is 1.83. The molecule has 36 heavy (non-hydrogen) atoms. The van der Waals surface area contributed by atoms with Crippen molar-refractivity contribution in [3.05, 3.63) is 97.0 Å². The van der Waals surface area contributed by atoms with Gasteiger partial charge in [-0.15, -0.1) is 0 Å². The lowest BCUT2D eigenvalue weighted by atomic mass is 10.0. The van der Waals surface area contributed by atoms with Gasteiger partial charge in [-0.3, -0.25) is 9.78 Å². The first-order valence-electron chi connectivity index (χ1n) is 12.0. The number of hydrogen-bond acceptors (Lipinski definition) is 5. The number of hydrogen-bond donors (Lipinski definition) is 1. The molecular weight excluding hydrogens is 448 g/mol. The van der Waals surface area contributed by atoms with Crippen LogP contribution < -0.4 is 5.32 Å². The summed E-state index contributed by atoms with van der Waals surface area (Å²) in [5.41, 5.74) is 7.03. The number of carbonyl (C=O) groups excluding carboxylic acids is 1. The quantitative estimate of drug-likeness (QED) is 0.326. The normalized spacial score (nSPS) is 11.2. The predicted molar refractivity (Wildman–Crippen MR) is 143 cm³/mol. The molecule has 1 amide bonds. The maximum Gasteiger partial charge on any atom is 0.251 e. The summed E-state index contributed by atoms with van der Waals surface area (Å²) in [6.45, 7) is 1.58. The largest absolute Gasteiger partial charge is 0.352 e. The fourth-order valence-corrected chi connectivity index (χ4v) is 4.13. The van der Waals surface area contributed by atoms with Crippen molar-refractivity contribution in [1.82, 2.24) is 29.8 Å². The maximum atomic E-state index is 12.6. The average molecular weight is 477 g/mol. The van der Waals surface area contributed by atoms with E-state index < -0.39 is 0 Å². The van der Waals surface area contributed by atoms with Crippen LogP contribution in [-0.2, 0) is 0 Å². The van der Waals surface area contributed by atoms with Gasteiger partial charge >= 0.3 is 0 Å². The fraction of sp³-hybridized carbons (Fsp3) is 0.172. The van der Waals surface area contributed by atoms with Crippen molar-refractivity contribution in [2.75, 3.05) is 27.2 Å². The van der Waals surface area contributed by atoms with Crippen LogP contribution >= 0.6 is 0 Å². The molecule has 2 aromatic carbocycles. The molecule has 1 N–H and O–H groups in total. The van der Waals surface area contributed by atoms with Gasteiger partial charge in [-0.2, -0.15) is 5.10 Å². The summed E-state index contributed by atoms with van der Waals surface area (Å²) in [6.07, 6.45) is 6.35. The third-order valence-electron chi connectivity index (χ3n) is 6.01. The summed E-state index contributed by atoms with van der Waals surface area (Å²) in [7, 11) is 4.05. The molecular formula is C29H28N6O. The van der Waals surface area contributed by atoms with E-state index in [0.717, 1.165) is 52.3 Å². The Morgan fingerprint density at radius 1 is 0.861 bits per heavy atom. The second-order valence-corrected chi connectivity index (χ2v) is 8.95. The van der Waals surface area contributed by atoms with E-state index >= 15 is 0 Å². The topological polar surface area (TPSA) is 75.4 Å². The van der Waals surface area contributed by atoms with Gasteiger partial charge in [-0.05, 0) is 63.0 Å². The van der Waals surface area contributed by atoms with Crippen LogP contribution in [0.3, 0.4) is 0 Å². The maximum absolute atomic E-state index is 12.6. The van der Waals surface area contributed by atoms with Crippen molar-refractivity contribution in [3.63, 3.8) is 0 Å². The van der Waals surface area contributed by atoms with E-state index in [-0.39, 0.29) is 5.91 Å². The molecule has 0 aliphatic rings. The Morgan fingerprint density at radius 3 is 2.53 bits per heavy atom. The summed E-state index contributed by atoms with van der Waals surface area (Å²) >= 11 is 0. The van der Waals surface area contributed by atoms with Crippen LogP contribution in [0.5, 0.6) is 0 Å². The van der Waals surface area contributed by atoms with Gasteiger partial charge in [0.2, 0.25) is 0 Å². The second-order valence-electron chi connectivity index (χ2n) is 8.95. The molecule has 7 nitrogen and oxygen atoms in total. The number of amides is 1. The Morgan fingerprint density at radius 2 is 1.69 bits per heavy atom. The minimum Gasteiger partial charge on any atom is -0.352 e. The number of rotatable bonds is 8. The van der Waals surface area contributed by atoms with Gasteiger partial charge in [0.05, 0.1) is 23.8 Å². The first-order chi connectivity index (χ1) is 17.6. The molecule has 0 saturated heterocycles. The van der Waals surface area contributed by atoms with Gasteiger partial charge in [0.1, 0.15) is 0 Å². The highest BCUT2D eigenvalue weighted by atomic mass is 16.1. The van der Waals surface area contributed by atoms with Crippen molar-refractivity contribution in [3.8, 4) is 33.6 Å². The van der Waals surface area contributed by atoms with Crippen molar-refractivity contribution in [2.45, 2.75) is 6.42 Å². The SMILES string of the molecule is CN(C)CCCNC(=O)c1cccc(-c2cnn3c(-c4ccnc(-c5ccccc5)c4)cnc3c2)c1. The van der Waals surface area contributed by atoms with Crippen LogP contribution in [0.25, 0.3) is 39.3 Å². The van der Waals surface area contributed by atoms with Gasteiger partial charge in [0.25, 0.3) is 5.91 Å². The third kappa shape index (κ3) is 5.16. The molecule has 0 atom stereocenters. The number of pyridine rings is 1.